The van der Waals surface area contributed by atoms with Gasteiger partial charge in [0.05, 0.1) is 16.3 Å². The van der Waals surface area contributed by atoms with E-state index in [1.807, 2.05) is 0 Å². The van der Waals surface area contributed by atoms with Gasteiger partial charge in [-0.1, -0.05) is 23.2 Å². The Morgan fingerprint density at radius 2 is 1.91 bits per heavy atom. The Morgan fingerprint density at radius 1 is 1.18 bits per heavy atom. The molecule has 0 aliphatic carbocycles. The summed E-state index contributed by atoms with van der Waals surface area (Å²) in [5.74, 6) is -1.94. The van der Waals surface area contributed by atoms with E-state index >= 15 is 0 Å². The average molecular weight is 621 g/mol. The number of nitrogens with zero attached hydrogens (tertiary/aromatic N) is 3. The van der Waals surface area contributed by atoms with Crippen LogP contribution in [0.15, 0.2) is 45.6 Å². The lowest BCUT2D eigenvalue weighted by molar-refractivity contribution is -0.131. The largest absolute Gasteiger partial charge is 0.367 e. The molecule has 172 valence electrons. The SMILES string of the molecule is CC(ONC(=O)c1cc(Cl)cc(Br)c1NC(=O)c1cc(Br)nn1-c1ncccc1Cl)C(N)=O. The number of halogens is 4. The maximum absolute atomic E-state index is 13.2. The summed E-state index contributed by atoms with van der Waals surface area (Å²) in [6.07, 6.45) is 0.425. The van der Waals surface area contributed by atoms with Crippen LogP contribution < -0.4 is 16.5 Å². The first kappa shape index (κ1) is 25.1. The predicted octanol–water partition coefficient (Wildman–Crippen LogP) is 3.89. The van der Waals surface area contributed by atoms with E-state index in [9.17, 15) is 14.4 Å². The normalized spacial score (nSPS) is 11.7. The highest BCUT2D eigenvalue weighted by Gasteiger charge is 2.23. The monoisotopic (exact) mass is 618 g/mol. The maximum atomic E-state index is 13.2. The van der Waals surface area contributed by atoms with Crippen molar-refractivity contribution in [1.82, 2.24) is 20.2 Å². The fourth-order valence-corrected chi connectivity index (χ4v) is 4.01. The number of carbonyl (C=O) groups is 3. The van der Waals surface area contributed by atoms with E-state index in [0.29, 0.717) is 9.08 Å². The van der Waals surface area contributed by atoms with E-state index in [1.165, 1.54) is 36.0 Å². The summed E-state index contributed by atoms with van der Waals surface area (Å²) in [6, 6.07) is 7.51. The van der Waals surface area contributed by atoms with Gasteiger partial charge in [-0.25, -0.2) is 15.1 Å². The Bertz CT molecular complexity index is 1250. The fraction of sp³-hybridized carbons (Fsp3) is 0.105. The first-order chi connectivity index (χ1) is 15.6. The Kier molecular flexibility index (Phi) is 8.08. The number of pyridine rings is 1. The first-order valence-corrected chi connectivity index (χ1v) is 11.3. The van der Waals surface area contributed by atoms with Gasteiger partial charge >= 0.3 is 0 Å². The molecule has 2 heterocycles. The molecule has 1 aromatic carbocycles. The van der Waals surface area contributed by atoms with Crippen molar-refractivity contribution in [2.24, 2.45) is 5.73 Å². The predicted molar refractivity (Wildman–Crippen MR) is 128 cm³/mol. The van der Waals surface area contributed by atoms with Crippen LogP contribution >= 0.6 is 55.1 Å². The number of nitrogens with two attached hydrogens (primary N) is 1. The number of primary amides is 1. The summed E-state index contributed by atoms with van der Waals surface area (Å²) >= 11 is 18.8. The van der Waals surface area contributed by atoms with E-state index in [-0.39, 0.29) is 32.8 Å². The zero-order valence-electron chi connectivity index (χ0n) is 16.6. The van der Waals surface area contributed by atoms with E-state index in [4.69, 9.17) is 33.8 Å². The number of aromatic nitrogens is 3. The lowest BCUT2D eigenvalue weighted by Crippen LogP contribution is -2.36. The molecule has 1 unspecified atom stereocenters. The highest BCUT2D eigenvalue weighted by Crippen LogP contribution is 2.32. The van der Waals surface area contributed by atoms with E-state index in [2.05, 4.69) is 52.7 Å². The van der Waals surface area contributed by atoms with Crippen LogP contribution in [0, 0.1) is 0 Å². The molecule has 0 bridgehead atoms. The molecular weight excluding hydrogens is 607 g/mol. The van der Waals surface area contributed by atoms with Crippen molar-refractivity contribution in [3.8, 4) is 5.82 Å². The van der Waals surface area contributed by atoms with Crippen LogP contribution in [0.5, 0.6) is 0 Å². The third kappa shape index (κ3) is 5.89. The number of hydrogen-bond donors (Lipinski definition) is 3. The van der Waals surface area contributed by atoms with Crippen LogP contribution in [0.1, 0.15) is 27.8 Å². The number of nitrogens with one attached hydrogen (secondary N) is 2. The molecule has 14 heteroatoms. The molecule has 3 aromatic rings. The molecule has 33 heavy (non-hydrogen) atoms. The minimum absolute atomic E-state index is 0.0413. The van der Waals surface area contributed by atoms with Gasteiger partial charge in [0, 0.05) is 21.8 Å². The van der Waals surface area contributed by atoms with E-state index in [1.54, 1.807) is 12.1 Å². The molecule has 10 nitrogen and oxygen atoms in total. The second-order valence-corrected chi connectivity index (χ2v) is 8.94. The van der Waals surface area contributed by atoms with Crippen LogP contribution in [0.4, 0.5) is 5.69 Å². The number of amides is 3. The Hall–Kier alpha value is -2.51. The number of benzene rings is 1. The van der Waals surface area contributed by atoms with Crippen LogP contribution in [0.3, 0.4) is 0 Å². The summed E-state index contributed by atoms with van der Waals surface area (Å²) in [5, 5.41) is 7.35. The van der Waals surface area contributed by atoms with E-state index < -0.39 is 23.8 Å². The van der Waals surface area contributed by atoms with Gasteiger partial charge in [0.15, 0.2) is 11.9 Å². The number of hydrogen-bond acceptors (Lipinski definition) is 6. The zero-order valence-corrected chi connectivity index (χ0v) is 21.3. The van der Waals surface area contributed by atoms with E-state index in [0.717, 1.165) is 0 Å². The van der Waals surface area contributed by atoms with Crippen LogP contribution in [-0.4, -0.2) is 38.6 Å². The lowest BCUT2D eigenvalue weighted by Gasteiger charge is -2.15. The summed E-state index contributed by atoms with van der Waals surface area (Å²) < 4.78 is 1.93. The number of carbonyl (C=O) groups excluding carboxylic acids is 3. The summed E-state index contributed by atoms with van der Waals surface area (Å²) in [7, 11) is 0. The molecule has 4 N–H and O–H groups in total. The second kappa shape index (κ2) is 10.6. The van der Waals surface area contributed by atoms with Crippen molar-refractivity contribution in [2.75, 3.05) is 5.32 Å². The smallest absolute Gasteiger partial charge is 0.277 e. The minimum atomic E-state index is -1.08. The molecule has 3 amide bonds. The number of hydroxylamine groups is 1. The van der Waals surface area contributed by atoms with Crippen molar-refractivity contribution >= 4 is 78.5 Å². The number of anilines is 1. The molecular formula is C19H14Br2Cl2N6O4. The molecule has 3 rings (SSSR count). The lowest BCUT2D eigenvalue weighted by atomic mass is 10.1. The van der Waals surface area contributed by atoms with Crippen molar-refractivity contribution in [2.45, 2.75) is 13.0 Å². The molecule has 0 aliphatic heterocycles. The Labute approximate surface area is 214 Å². The minimum Gasteiger partial charge on any atom is -0.367 e. The second-order valence-electron chi connectivity index (χ2n) is 6.43. The van der Waals surface area contributed by atoms with Crippen molar-refractivity contribution < 1.29 is 19.2 Å². The molecule has 2 aromatic heterocycles. The first-order valence-electron chi connectivity index (χ1n) is 9.00. The third-order valence-electron chi connectivity index (χ3n) is 4.12. The Balaban J connectivity index is 1.95. The molecule has 0 radical (unpaired) electrons. The highest BCUT2D eigenvalue weighted by molar-refractivity contribution is 9.10. The van der Waals surface area contributed by atoms with Crippen molar-refractivity contribution in [3.63, 3.8) is 0 Å². The third-order valence-corrected chi connectivity index (χ3v) is 5.65. The van der Waals surface area contributed by atoms with Crippen LogP contribution in [0.25, 0.3) is 5.82 Å². The highest BCUT2D eigenvalue weighted by atomic mass is 79.9. The molecule has 0 saturated carbocycles. The maximum Gasteiger partial charge on any atom is 0.277 e. The standard InChI is InChI=1S/C19H14Br2Cl2N6O4/c1-8(16(24)30)33-28-18(31)10-5-9(22)6-11(20)15(10)26-19(32)13-7-14(21)27-29(13)17-12(23)3-2-4-25-17/h2-8H,1H3,(H2,24,30)(H,26,32)(H,28,31). The fourth-order valence-electron chi connectivity index (χ4n) is 2.52. The van der Waals surface area contributed by atoms with Crippen LogP contribution in [0.2, 0.25) is 10.0 Å². The van der Waals surface area contributed by atoms with Gasteiger partial charge in [-0.05, 0) is 63.0 Å². The van der Waals surface area contributed by atoms with Crippen molar-refractivity contribution in [3.05, 3.63) is 66.9 Å². The van der Waals surface area contributed by atoms with Gasteiger partial charge in [-0.2, -0.15) is 5.10 Å². The summed E-state index contributed by atoms with van der Waals surface area (Å²) in [6.45, 7) is 1.36. The number of rotatable bonds is 7. The molecule has 0 fully saturated rings. The zero-order chi connectivity index (χ0) is 24.3. The summed E-state index contributed by atoms with van der Waals surface area (Å²) in [4.78, 5) is 46.1. The molecule has 0 aliphatic rings. The van der Waals surface area contributed by atoms with Crippen LogP contribution in [-0.2, 0) is 9.63 Å². The quantitative estimate of drug-likeness (QED) is 0.342. The van der Waals surface area contributed by atoms with Gasteiger partial charge in [0.2, 0.25) is 5.91 Å². The van der Waals surface area contributed by atoms with Crippen molar-refractivity contribution in [1.29, 1.82) is 0 Å². The van der Waals surface area contributed by atoms with Gasteiger partial charge in [0.25, 0.3) is 11.8 Å². The molecule has 0 spiro atoms. The van der Waals surface area contributed by atoms with Gasteiger partial charge in [0.1, 0.15) is 10.3 Å². The molecule has 0 saturated heterocycles. The summed E-state index contributed by atoms with van der Waals surface area (Å²) in [5.41, 5.74) is 7.36. The van der Waals surface area contributed by atoms with Gasteiger partial charge in [-0.15, -0.1) is 0 Å². The Morgan fingerprint density at radius 3 is 2.58 bits per heavy atom. The van der Waals surface area contributed by atoms with Gasteiger partial charge < -0.3 is 11.1 Å². The van der Waals surface area contributed by atoms with Gasteiger partial charge in [-0.3, -0.25) is 19.2 Å². The average Bonchev–Trinajstić information content (AvgIpc) is 3.15. The topological polar surface area (TPSA) is 141 Å². The molecule has 1 atom stereocenters.